The Bertz CT molecular complexity index is 778. The molecule has 0 amide bonds. The fourth-order valence-electron chi connectivity index (χ4n) is 3.06. The van der Waals surface area contributed by atoms with E-state index in [0.29, 0.717) is 23.3 Å². The van der Waals surface area contributed by atoms with Crippen LogP contribution in [-0.4, -0.2) is 11.6 Å². The molecule has 0 aromatic heterocycles. The maximum Gasteiger partial charge on any atom is 0.225 e. The van der Waals surface area contributed by atoms with E-state index in [1.807, 2.05) is 25.1 Å². The minimum atomic E-state index is -0.177. The zero-order valence-electron chi connectivity index (χ0n) is 13.6. The highest BCUT2D eigenvalue weighted by molar-refractivity contribution is 6.37. The predicted molar refractivity (Wildman–Crippen MR) is 90.5 cm³/mol. The summed E-state index contributed by atoms with van der Waals surface area (Å²) in [5.74, 6) is 0.247. The maximum absolute atomic E-state index is 12.7. The van der Waals surface area contributed by atoms with Crippen LogP contribution in [0.4, 0.5) is 0 Å². The Balaban J connectivity index is 2.02. The lowest BCUT2D eigenvalue weighted by Crippen LogP contribution is -2.23. The van der Waals surface area contributed by atoms with E-state index >= 15 is 0 Å². The van der Waals surface area contributed by atoms with Gasteiger partial charge in [-0.3, -0.25) is 9.59 Å². The largest absolute Gasteiger partial charge is 0.452 e. The lowest BCUT2D eigenvalue weighted by Gasteiger charge is -2.26. The molecule has 0 saturated heterocycles. The molecular formula is C20H20O3. The van der Waals surface area contributed by atoms with Gasteiger partial charge in [-0.2, -0.15) is 0 Å². The minimum Gasteiger partial charge on any atom is -0.452 e. The number of fused-ring (bicyclic) bond motifs is 2. The summed E-state index contributed by atoms with van der Waals surface area (Å²) in [6, 6.07) is 5.74. The average Bonchev–Trinajstić information content (AvgIpc) is 2.51. The van der Waals surface area contributed by atoms with Gasteiger partial charge < -0.3 is 4.74 Å². The van der Waals surface area contributed by atoms with Crippen LogP contribution < -0.4 is 0 Å². The molecule has 1 heterocycles. The molecule has 2 aliphatic rings. The van der Waals surface area contributed by atoms with Gasteiger partial charge in [-0.05, 0) is 25.8 Å². The first-order chi connectivity index (χ1) is 11.0. The molecule has 0 spiro atoms. The van der Waals surface area contributed by atoms with Crippen LogP contribution in [0.25, 0.3) is 11.3 Å². The highest BCUT2D eigenvalue weighted by Gasteiger charge is 2.35. The first-order valence-electron chi connectivity index (χ1n) is 8.05. The number of ether oxygens (including phenoxy) is 1. The van der Waals surface area contributed by atoms with Gasteiger partial charge in [0.1, 0.15) is 5.76 Å². The number of benzene rings is 1. The third-order valence-electron chi connectivity index (χ3n) is 4.30. The number of ketones is 2. The van der Waals surface area contributed by atoms with Crippen molar-refractivity contribution in [1.82, 2.24) is 0 Å². The Morgan fingerprint density at radius 2 is 1.91 bits per heavy atom. The molecule has 0 atom stereocenters. The van der Waals surface area contributed by atoms with Gasteiger partial charge in [0, 0.05) is 16.7 Å². The average molecular weight is 308 g/mol. The van der Waals surface area contributed by atoms with E-state index in [1.165, 1.54) is 6.08 Å². The summed E-state index contributed by atoms with van der Waals surface area (Å²) >= 11 is 0. The van der Waals surface area contributed by atoms with Gasteiger partial charge in [0.2, 0.25) is 5.78 Å². The third-order valence-corrected chi connectivity index (χ3v) is 4.30. The van der Waals surface area contributed by atoms with E-state index < -0.39 is 0 Å². The van der Waals surface area contributed by atoms with Crippen LogP contribution in [0.15, 0.2) is 42.2 Å². The number of unbranched alkanes of at least 4 members (excludes halogenated alkanes) is 2. The second-order valence-electron chi connectivity index (χ2n) is 6.10. The lowest BCUT2D eigenvalue weighted by atomic mass is 9.84. The van der Waals surface area contributed by atoms with Gasteiger partial charge in [-0.15, -0.1) is 0 Å². The van der Waals surface area contributed by atoms with Crippen LogP contribution in [0.1, 0.15) is 49.3 Å². The summed E-state index contributed by atoms with van der Waals surface area (Å²) in [4.78, 5) is 25.3. The van der Waals surface area contributed by atoms with Crippen molar-refractivity contribution in [3.63, 3.8) is 0 Å². The van der Waals surface area contributed by atoms with Crippen molar-refractivity contribution in [3.05, 3.63) is 58.9 Å². The van der Waals surface area contributed by atoms with E-state index in [-0.39, 0.29) is 17.3 Å². The number of aryl methyl sites for hydroxylation is 1. The van der Waals surface area contributed by atoms with Gasteiger partial charge in [-0.1, -0.05) is 50.1 Å². The molecule has 0 saturated carbocycles. The number of Topliss-reactive ketones (excluding diaryl/α,β-unsaturated/α-hetero) is 1. The van der Waals surface area contributed by atoms with E-state index in [4.69, 9.17) is 4.74 Å². The number of rotatable bonds is 4. The van der Waals surface area contributed by atoms with E-state index in [9.17, 15) is 9.59 Å². The molecule has 3 rings (SSSR count). The second-order valence-corrected chi connectivity index (χ2v) is 6.10. The highest BCUT2D eigenvalue weighted by atomic mass is 16.5. The number of allylic oxidation sites excluding steroid dienone is 3. The summed E-state index contributed by atoms with van der Waals surface area (Å²) < 4.78 is 5.65. The molecule has 0 bridgehead atoms. The van der Waals surface area contributed by atoms with Crippen molar-refractivity contribution in [2.24, 2.45) is 0 Å². The number of carbonyl (C=O) groups is 2. The standard InChI is InChI=1S/C20H20O3/c1-4-5-6-7-14-11-17(21)18-16-10-12(2)8-9-15(16)13(3)23-20(18)19(14)22/h8-11H,3-7H2,1-2H3. The van der Waals surface area contributed by atoms with Crippen molar-refractivity contribution >= 4 is 22.9 Å². The quantitative estimate of drug-likeness (QED) is 0.613. The van der Waals surface area contributed by atoms with Crippen LogP contribution in [0.5, 0.6) is 0 Å². The molecule has 1 aliphatic heterocycles. The molecular weight excluding hydrogens is 288 g/mol. The molecule has 3 nitrogen and oxygen atoms in total. The van der Waals surface area contributed by atoms with Gasteiger partial charge >= 0.3 is 0 Å². The molecule has 3 heteroatoms. The summed E-state index contributed by atoms with van der Waals surface area (Å²) in [5.41, 5.74) is 3.48. The predicted octanol–water partition coefficient (Wildman–Crippen LogP) is 4.37. The summed E-state index contributed by atoms with van der Waals surface area (Å²) in [6.45, 7) is 7.96. The lowest BCUT2D eigenvalue weighted by molar-refractivity contribution is -0.116. The topological polar surface area (TPSA) is 43.4 Å². The molecule has 1 aromatic carbocycles. The molecule has 0 fully saturated rings. The van der Waals surface area contributed by atoms with E-state index in [1.54, 1.807) is 0 Å². The zero-order chi connectivity index (χ0) is 16.6. The molecule has 0 N–H and O–H groups in total. The fraction of sp³-hybridized carbons (Fsp3) is 0.300. The van der Waals surface area contributed by atoms with Crippen LogP contribution in [0.2, 0.25) is 0 Å². The fourth-order valence-corrected chi connectivity index (χ4v) is 3.06. The number of carbonyl (C=O) groups excluding carboxylic acids is 2. The van der Waals surface area contributed by atoms with Crippen molar-refractivity contribution in [2.45, 2.75) is 39.5 Å². The monoisotopic (exact) mass is 308 g/mol. The second kappa shape index (κ2) is 5.99. The summed E-state index contributed by atoms with van der Waals surface area (Å²) in [5, 5.41) is 0. The number of hydrogen-bond acceptors (Lipinski definition) is 3. The smallest absolute Gasteiger partial charge is 0.225 e. The SMILES string of the molecule is C=C1OC2=C(C(=O)C=C(CCCCC)C2=O)c2cc(C)ccc21. The molecule has 0 radical (unpaired) electrons. The van der Waals surface area contributed by atoms with E-state index in [0.717, 1.165) is 36.0 Å². The Hall–Kier alpha value is -2.42. The van der Waals surface area contributed by atoms with Crippen molar-refractivity contribution < 1.29 is 14.3 Å². The van der Waals surface area contributed by atoms with E-state index in [2.05, 4.69) is 13.5 Å². The Morgan fingerprint density at radius 3 is 2.65 bits per heavy atom. The molecule has 1 aliphatic carbocycles. The maximum atomic E-state index is 12.7. The van der Waals surface area contributed by atoms with Crippen molar-refractivity contribution in [3.8, 4) is 0 Å². The van der Waals surface area contributed by atoms with Gasteiger partial charge in [0.15, 0.2) is 11.5 Å². The zero-order valence-corrected chi connectivity index (χ0v) is 13.6. The molecule has 1 aromatic rings. The van der Waals surface area contributed by atoms with Crippen LogP contribution in [-0.2, 0) is 14.3 Å². The molecule has 0 unspecified atom stereocenters. The molecule has 118 valence electrons. The van der Waals surface area contributed by atoms with Gasteiger partial charge in [0.25, 0.3) is 0 Å². The third kappa shape index (κ3) is 2.67. The summed E-state index contributed by atoms with van der Waals surface area (Å²) in [6.07, 6.45) is 5.12. The summed E-state index contributed by atoms with van der Waals surface area (Å²) in [7, 11) is 0. The Kier molecular flexibility index (Phi) is 4.03. The highest BCUT2D eigenvalue weighted by Crippen LogP contribution is 2.40. The Morgan fingerprint density at radius 1 is 1.13 bits per heavy atom. The van der Waals surface area contributed by atoms with Gasteiger partial charge in [0.05, 0.1) is 5.57 Å². The van der Waals surface area contributed by atoms with Crippen molar-refractivity contribution in [2.75, 3.05) is 0 Å². The molecule has 23 heavy (non-hydrogen) atoms. The minimum absolute atomic E-state index is 0.145. The first kappa shape index (κ1) is 15.5. The van der Waals surface area contributed by atoms with Crippen molar-refractivity contribution in [1.29, 1.82) is 0 Å². The first-order valence-corrected chi connectivity index (χ1v) is 8.05. The normalized spacial score (nSPS) is 16.8. The van der Waals surface area contributed by atoms with Crippen LogP contribution >= 0.6 is 0 Å². The van der Waals surface area contributed by atoms with Crippen LogP contribution in [0, 0.1) is 6.92 Å². The Labute approximate surface area is 136 Å². The van der Waals surface area contributed by atoms with Gasteiger partial charge in [-0.25, -0.2) is 0 Å². The number of hydrogen-bond donors (Lipinski definition) is 0. The van der Waals surface area contributed by atoms with Crippen LogP contribution in [0.3, 0.4) is 0 Å².